The van der Waals surface area contributed by atoms with Gasteiger partial charge in [-0.2, -0.15) is 0 Å². The molecule has 1 aliphatic heterocycles. The molecule has 2 nitrogen and oxygen atoms in total. The van der Waals surface area contributed by atoms with E-state index in [1.165, 1.54) is 60.4 Å². The number of ether oxygens (including phenoxy) is 2. The van der Waals surface area contributed by atoms with Gasteiger partial charge in [-0.3, -0.25) is 0 Å². The van der Waals surface area contributed by atoms with Gasteiger partial charge in [-0.25, -0.2) is 0 Å². The van der Waals surface area contributed by atoms with Gasteiger partial charge in [0.25, 0.3) is 0 Å². The summed E-state index contributed by atoms with van der Waals surface area (Å²) in [6.07, 6.45) is 13.0. The van der Waals surface area contributed by atoms with Crippen LogP contribution in [0.1, 0.15) is 49.7 Å². The third-order valence-electron chi connectivity index (χ3n) is 9.01. The SMILES string of the molecule is COc1ccc2c3c(ccc2c1)OC(c1ccccc1)(C12CC4CC(CC(C4)C1)C2)C=C3. The second-order valence-corrected chi connectivity index (χ2v) is 10.8. The first kappa shape index (κ1) is 18.8. The Morgan fingerprint density at radius 3 is 2.25 bits per heavy atom. The number of rotatable bonds is 3. The van der Waals surface area contributed by atoms with Crippen LogP contribution in [0.4, 0.5) is 0 Å². The molecule has 4 bridgehead atoms. The van der Waals surface area contributed by atoms with Gasteiger partial charge in [-0.15, -0.1) is 0 Å². The zero-order chi connectivity index (χ0) is 21.3. The van der Waals surface area contributed by atoms with E-state index in [0.717, 1.165) is 29.3 Å². The molecule has 1 atom stereocenters. The molecule has 0 aromatic heterocycles. The smallest absolute Gasteiger partial charge is 0.158 e. The molecular weight excluding hydrogens is 392 g/mol. The van der Waals surface area contributed by atoms with E-state index in [0.29, 0.717) is 0 Å². The second-order valence-electron chi connectivity index (χ2n) is 10.8. The molecule has 0 amide bonds. The average molecular weight is 423 g/mol. The van der Waals surface area contributed by atoms with E-state index in [1.807, 2.05) is 0 Å². The topological polar surface area (TPSA) is 18.5 Å². The first-order valence-corrected chi connectivity index (χ1v) is 12.2. The zero-order valence-corrected chi connectivity index (χ0v) is 18.7. The van der Waals surface area contributed by atoms with Gasteiger partial charge in [-0.05, 0) is 103 Å². The molecule has 4 aliphatic carbocycles. The van der Waals surface area contributed by atoms with Gasteiger partial charge in [0.1, 0.15) is 11.5 Å². The minimum absolute atomic E-state index is 0.201. The maximum absolute atomic E-state index is 7.24. The molecule has 8 rings (SSSR count). The molecule has 3 aromatic carbocycles. The van der Waals surface area contributed by atoms with Gasteiger partial charge in [0.15, 0.2) is 5.60 Å². The summed E-state index contributed by atoms with van der Waals surface area (Å²) in [6.45, 7) is 0. The Morgan fingerprint density at radius 1 is 0.844 bits per heavy atom. The minimum atomic E-state index is -0.378. The fraction of sp³-hybridized carbons (Fsp3) is 0.400. The standard InChI is InChI=1S/C30H30O2/c1-31-25-8-9-26-23(16-25)7-10-28-27(26)11-12-30(32-28,24-5-3-2-4-6-24)29-17-20-13-21(18-29)15-22(14-20)19-29/h2-12,16,20-22H,13-15,17-19H2,1H3. The first-order valence-electron chi connectivity index (χ1n) is 12.2. The van der Waals surface area contributed by atoms with Crippen molar-refractivity contribution in [1.82, 2.24) is 0 Å². The normalized spacial score (nSPS) is 34.3. The molecule has 1 heterocycles. The predicted octanol–water partition coefficient (Wildman–Crippen LogP) is 7.37. The van der Waals surface area contributed by atoms with Crippen LogP contribution in [0.5, 0.6) is 11.5 Å². The third kappa shape index (κ3) is 2.53. The second kappa shape index (κ2) is 6.63. The van der Waals surface area contributed by atoms with Gasteiger partial charge in [-0.1, -0.05) is 42.5 Å². The highest BCUT2D eigenvalue weighted by Crippen LogP contribution is 2.67. The van der Waals surface area contributed by atoms with E-state index in [-0.39, 0.29) is 11.0 Å². The van der Waals surface area contributed by atoms with Crippen molar-refractivity contribution in [2.24, 2.45) is 23.2 Å². The molecule has 5 aliphatic rings. The van der Waals surface area contributed by atoms with Crippen molar-refractivity contribution in [2.75, 3.05) is 7.11 Å². The lowest BCUT2D eigenvalue weighted by molar-refractivity contribution is -0.149. The van der Waals surface area contributed by atoms with E-state index >= 15 is 0 Å². The van der Waals surface area contributed by atoms with Crippen LogP contribution in [0.15, 0.2) is 66.7 Å². The number of methoxy groups -OCH3 is 1. The predicted molar refractivity (Wildman–Crippen MR) is 129 cm³/mol. The van der Waals surface area contributed by atoms with E-state index in [1.54, 1.807) is 7.11 Å². The molecule has 4 saturated carbocycles. The molecular formula is C30H30O2. The summed E-state index contributed by atoms with van der Waals surface area (Å²) in [5.74, 6) is 4.55. The van der Waals surface area contributed by atoms with Crippen molar-refractivity contribution in [3.63, 3.8) is 0 Å². The Bertz CT molecular complexity index is 1190. The summed E-state index contributed by atoms with van der Waals surface area (Å²) in [4.78, 5) is 0. The summed E-state index contributed by atoms with van der Waals surface area (Å²) in [7, 11) is 1.72. The van der Waals surface area contributed by atoms with Crippen LogP contribution in [0.25, 0.3) is 16.8 Å². The largest absolute Gasteiger partial charge is 0.497 e. The summed E-state index contributed by atoms with van der Waals surface area (Å²) >= 11 is 0. The van der Waals surface area contributed by atoms with Gasteiger partial charge >= 0.3 is 0 Å². The highest BCUT2D eigenvalue weighted by Gasteiger charge is 2.62. The summed E-state index contributed by atoms with van der Waals surface area (Å²) in [6, 6.07) is 21.8. The highest BCUT2D eigenvalue weighted by molar-refractivity contribution is 5.94. The zero-order valence-electron chi connectivity index (χ0n) is 18.7. The summed E-state index contributed by atoms with van der Waals surface area (Å²) < 4.78 is 12.7. The Hall–Kier alpha value is -2.74. The Labute approximate surface area is 190 Å². The van der Waals surface area contributed by atoms with E-state index < -0.39 is 0 Å². The molecule has 4 fully saturated rings. The van der Waals surface area contributed by atoms with Crippen LogP contribution in [0.2, 0.25) is 0 Å². The molecule has 2 heteroatoms. The van der Waals surface area contributed by atoms with E-state index in [2.05, 4.69) is 72.8 Å². The molecule has 0 saturated heterocycles. The molecule has 3 aromatic rings. The van der Waals surface area contributed by atoms with E-state index in [4.69, 9.17) is 9.47 Å². The number of hydrogen-bond acceptors (Lipinski definition) is 2. The van der Waals surface area contributed by atoms with Crippen LogP contribution in [0, 0.1) is 23.2 Å². The van der Waals surface area contributed by atoms with Crippen LogP contribution < -0.4 is 9.47 Å². The van der Waals surface area contributed by atoms with Crippen LogP contribution >= 0.6 is 0 Å². The maximum atomic E-state index is 7.24. The van der Waals surface area contributed by atoms with Crippen LogP contribution in [-0.2, 0) is 5.60 Å². The average Bonchev–Trinajstić information content (AvgIpc) is 2.82. The van der Waals surface area contributed by atoms with Crippen molar-refractivity contribution < 1.29 is 9.47 Å². The van der Waals surface area contributed by atoms with Crippen molar-refractivity contribution in [3.05, 3.63) is 77.9 Å². The lowest BCUT2D eigenvalue weighted by Gasteiger charge is -2.63. The van der Waals surface area contributed by atoms with Gasteiger partial charge in [0.2, 0.25) is 0 Å². The Kier molecular flexibility index (Phi) is 3.90. The number of fused-ring (bicyclic) bond motifs is 3. The van der Waals surface area contributed by atoms with Gasteiger partial charge in [0, 0.05) is 11.0 Å². The van der Waals surface area contributed by atoms with Crippen molar-refractivity contribution in [1.29, 1.82) is 0 Å². The van der Waals surface area contributed by atoms with Gasteiger partial charge in [0.05, 0.1) is 7.11 Å². The van der Waals surface area contributed by atoms with Crippen LogP contribution in [0.3, 0.4) is 0 Å². The number of benzene rings is 3. The Balaban J connectivity index is 1.41. The lowest BCUT2D eigenvalue weighted by atomic mass is 9.44. The van der Waals surface area contributed by atoms with E-state index in [9.17, 15) is 0 Å². The molecule has 0 radical (unpaired) electrons. The lowest BCUT2D eigenvalue weighted by Crippen LogP contribution is -2.58. The fourth-order valence-corrected chi connectivity index (χ4v) is 8.11. The molecule has 0 N–H and O–H groups in total. The third-order valence-corrected chi connectivity index (χ3v) is 9.01. The van der Waals surface area contributed by atoms with Gasteiger partial charge < -0.3 is 9.47 Å². The van der Waals surface area contributed by atoms with Crippen molar-refractivity contribution in [2.45, 2.75) is 44.1 Å². The summed E-state index contributed by atoms with van der Waals surface area (Å²) in [5.41, 5.74) is 2.34. The molecule has 0 spiro atoms. The fourth-order valence-electron chi connectivity index (χ4n) is 8.11. The highest BCUT2D eigenvalue weighted by atomic mass is 16.5. The van der Waals surface area contributed by atoms with Crippen molar-refractivity contribution >= 4 is 16.8 Å². The monoisotopic (exact) mass is 422 g/mol. The first-order chi connectivity index (χ1) is 15.7. The molecule has 162 valence electrons. The summed E-state index contributed by atoms with van der Waals surface area (Å²) in [5, 5.41) is 2.42. The maximum Gasteiger partial charge on any atom is 0.158 e. The quantitative estimate of drug-likeness (QED) is 0.439. The number of hydrogen-bond donors (Lipinski definition) is 0. The van der Waals surface area contributed by atoms with Crippen molar-refractivity contribution in [3.8, 4) is 11.5 Å². The minimum Gasteiger partial charge on any atom is -0.497 e. The Morgan fingerprint density at radius 2 is 1.56 bits per heavy atom. The molecule has 1 unspecified atom stereocenters. The molecule has 32 heavy (non-hydrogen) atoms. The van der Waals surface area contributed by atoms with Crippen LogP contribution in [-0.4, -0.2) is 7.11 Å².